The first-order chi connectivity index (χ1) is 20.3. The van der Waals surface area contributed by atoms with Gasteiger partial charge in [-0.15, -0.1) is 11.3 Å². The van der Waals surface area contributed by atoms with E-state index in [4.69, 9.17) is 4.74 Å². The van der Waals surface area contributed by atoms with E-state index in [-0.39, 0.29) is 56.3 Å². The second-order valence-corrected chi connectivity index (χ2v) is 11.9. The normalized spacial score (nSPS) is 21.4. The van der Waals surface area contributed by atoms with Crippen LogP contribution in [-0.4, -0.2) is 87.3 Å². The molecule has 2 aliphatic heterocycles. The molecule has 218 valence electrons. The summed E-state index contributed by atoms with van der Waals surface area (Å²) in [7, 11) is 3.40. The number of nitrogens with zero attached hydrogens (tertiary/aromatic N) is 4. The van der Waals surface area contributed by atoms with Gasteiger partial charge in [0.1, 0.15) is 29.8 Å². The van der Waals surface area contributed by atoms with Crippen LogP contribution in [0.15, 0.2) is 60.0 Å². The van der Waals surface area contributed by atoms with Crippen LogP contribution in [0.4, 0.5) is 0 Å². The summed E-state index contributed by atoms with van der Waals surface area (Å²) >= 11 is 1.46. The summed E-state index contributed by atoms with van der Waals surface area (Å²) < 4.78 is 7.73. The van der Waals surface area contributed by atoms with Crippen LogP contribution in [0.3, 0.4) is 0 Å². The van der Waals surface area contributed by atoms with E-state index in [1.54, 1.807) is 34.6 Å². The van der Waals surface area contributed by atoms with Crippen LogP contribution in [0.1, 0.15) is 28.9 Å². The van der Waals surface area contributed by atoms with Crippen molar-refractivity contribution in [3.8, 4) is 16.3 Å². The number of thiophene rings is 1. The van der Waals surface area contributed by atoms with Crippen molar-refractivity contribution in [1.82, 2.24) is 24.9 Å². The Balaban J connectivity index is 1.29. The van der Waals surface area contributed by atoms with Crippen LogP contribution in [-0.2, 0) is 23.1 Å². The van der Waals surface area contributed by atoms with Crippen molar-refractivity contribution in [2.24, 2.45) is 7.05 Å². The Morgan fingerprint density at radius 3 is 2.81 bits per heavy atom. The van der Waals surface area contributed by atoms with Gasteiger partial charge in [-0.05, 0) is 46.7 Å². The molecule has 11 heteroatoms. The van der Waals surface area contributed by atoms with E-state index in [0.717, 1.165) is 21.2 Å². The second-order valence-electron chi connectivity index (χ2n) is 10.9. The molecule has 0 aliphatic carbocycles. The zero-order chi connectivity index (χ0) is 29.4. The maximum atomic E-state index is 14.0. The van der Waals surface area contributed by atoms with E-state index in [2.05, 4.69) is 10.4 Å². The van der Waals surface area contributed by atoms with E-state index in [0.29, 0.717) is 23.6 Å². The Labute approximate surface area is 247 Å². The Morgan fingerprint density at radius 2 is 1.95 bits per heavy atom. The van der Waals surface area contributed by atoms with Gasteiger partial charge in [0.05, 0.1) is 23.4 Å². The van der Waals surface area contributed by atoms with Crippen molar-refractivity contribution in [1.29, 1.82) is 0 Å². The third-order valence-electron chi connectivity index (χ3n) is 8.03. The Kier molecular flexibility index (Phi) is 7.70. The molecule has 3 amide bonds. The van der Waals surface area contributed by atoms with Gasteiger partial charge in [0, 0.05) is 27.2 Å². The number of ether oxygens (including phenoxy) is 1. The molecule has 2 aromatic carbocycles. The summed E-state index contributed by atoms with van der Waals surface area (Å²) in [5.74, 6) is -0.222. The lowest BCUT2D eigenvalue weighted by Crippen LogP contribution is -2.52. The van der Waals surface area contributed by atoms with Crippen LogP contribution in [0.2, 0.25) is 0 Å². The van der Waals surface area contributed by atoms with E-state index in [9.17, 15) is 19.5 Å². The van der Waals surface area contributed by atoms with Gasteiger partial charge in [-0.3, -0.25) is 19.1 Å². The summed E-state index contributed by atoms with van der Waals surface area (Å²) in [6, 6.07) is 16.0. The van der Waals surface area contributed by atoms with Crippen molar-refractivity contribution in [2.45, 2.75) is 37.5 Å². The van der Waals surface area contributed by atoms with E-state index in [1.165, 1.54) is 11.3 Å². The largest absolute Gasteiger partial charge is 0.490 e. The first kappa shape index (κ1) is 27.9. The fraction of sp³-hybridized carbons (Fsp3) is 0.355. The van der Waals surface area contributed by atoms with E-state index >= 15 is 0 Å². The van der Waals surface area contributed by atoms with Gasteiger partial charge in [-0.2, -0.15) is 5.10 Å². The Hall–Kier alpha value is -4.22. The van der Waals surface area contributed by atoms with Gasteiger partial charge >= 0.3 is 0 Å². The zero-order valence-electron chi connectivity index (χ0n) is 23.5. The topological polar surface area (TPSA) is 117 Å². The zero-order valence-corrected chi connectivity index (χ0v) is 24.3. The molecule has 1 fully saturated rings. The first-order valence-corrected chi connectivity index (χ1v) is 14.9. The molecule has 4 aromatic rings. The van der Waals surface area contributed by atoms with Crippen LogP contribution in [0.25, 0.3) is 21.3 Å². The number of aryl methyl sites for hydroxylation is 1. The SMILES string of the molecule is CN1CC[C@H](NC(=O)Cc2cccc3ccccc23)C(=O)N2C[C@@H](O)C[C@H]2COc2ccsc2-c2cc(n(C)n2)C1=O. The van der Waals surface area contributed by atoms with E-state index in [1.807, 2.05) is 53.9 Å². The highest BCUT2D eigenvalue weighted by Crippen LogP contribution is 2.36. The number of carbonyl (C=O) groups excluding carboxylic acids is 3. The van der Waals surface area contributed by atoms with E-state index < -0.39 is 12.1 Å². The number of benzene rings is 2. The maximum absolute atomic E-state index is 14.0. The minimum absolute atomic E-state index is 0.105. The Morgan fingerprint density at radius 1 is 1.14 bits per heavy atom. The molecule has 10 nitrogen and oxygen atoms in total. The summed E-state index contributed by atoms with van der Waals surface area (Å²) in [6.07, 6.45) is -0.0134. The predicted octanol–water partition coefficient (Wildman–Crippen LogP) is 2.85. The monoisotopic (exact) mass is 587 g/mol. The summed E-state index contributed by atoms with van der Waals surface area (Å²) in [5, 5.41) is 22.0. The number of aliphatic hydroxyl groups is 1. The molecule has 2 N–H and O–H groups in total. The van der Waals surface area contributed by atoms with Crippen molar-refractivity contribution >= 4 is 39.8 Å². The number of fused-ring (bicyclic) bond motifs is 6. The number of aromatic nitrogens is 2. The van der Waals surface area contributed by atoms with Gasteiger partial charge < -0.3 is 25.0 Å². The summed E-state index contributed by atoms with van der Waals surface area (Å²) in [6.45, 7) is 0.560. The second kappa shape index (κ2) is 11.6. The smallest absolute Gasteiger partial charge is 0.271 e. The average molecular weight is 588 g/mol. The number of hydrogen-bond acceptors (Lipinski definition) is 7. The fourth-order valence-corrected chi connectivity index (χ4v) is 6.62. The number of rotatable bonds is 3. The standard InChI is InChI=1S/C31H33N5O5S/c1-34-12-10-24(32-28(38)14-20-8-5-7-19-6-3-4-9-23(19)20)30(39)36-17-22(37)15-21(36)18-41-27-11-13-42-29(27)25-16-26(31(34)40)35(2)33-25/h3-9,11,13,16,21-22,24,37H,10,12,14-15,17-18H2,1-2H3,(H,32,38)/t21-,22-,24-/m0/s1. The molecule has 2 bridgehead atoms. The third kappa shape index (κ3) is 5.49. The molecular formula is C31H33N5O5S. The minimum Gasteiger partial charge on any atom is -0.490 e. The van der Waals surface area contributed by atoms with Crippen molar-refractivity contribution in [2.75, 3.05) is 26.7 Å². The van der Waals surface area contributed by atoms with Crippen LogP contribution in [0, 0.1) is 0 Å². The molecule has 2 aliphatic rings. The molecule has 0 spiro atoms. The van der Waals surface area contributed by atoms with Crippen LogP contribution >= 0.6 is 11.3 Å². The fourth-order valence-electron chi connectivity index (χ4n) is 5.82. The quantitative estimate of drug-likeness (QED) is 0.381. The molecule has 3 atom stereocenters. The molecule has 42 heavy (non-hydrogen) atoms. The highest BCUT2D eigenvalue weighted by atomic mass is 32.1. The van der Waals surface area contributed by atoms with Crippen molar-refractivity contribution in [3.05, 3.63) is 71.2 Å². The van der Waals surface area contributed by atoms with Crippen LogP contribution < -0.4 is 10.1 Å². The molecule has 4 heterocycles. The van der Waals surface area contributed by atoms with Crippen molar-refractivity contribution in [3.63, 3.8) is 0 Å². The lowest BCUT2D eigenvalue weighted by atomic mass is 10.0. The molecular weight excluding hydrogens is 554 g/mol. The first-order valence-electron chi connectivity index (χ1n) is 14.0. The summed E-state index contributed by atoms with van der Waals surface area (Å²) in [4.78, 5) is 44.7. The molecule has 0 radical (unpaired) electrons. The van der Waals surface area contributed by atoms with Gasteiger partial charge in [-0.25, -0.2) is 0 Å². The van der Waals surface area contributed by atoms with Gasteiger partial charge in [0.15, 0.2) is 0 Å². The Bertz CT molecular complexity index is 1640. The number of aliphatic hydroxyl groups excluding tert-OH is 1. The highest BCUT2D eigenvalue weighted by Gasteiger charge is 2.39. The lowest BCUT2D eigenvalue weighted by Gasteiger charge is -2.30. The molecule has 0 saturated carbocycles. The molecule has 6 rings (SSSR count). The molecule has 1 saturated heterocycles. The number of carbonyl (C=O) groups is 3. The van der Waals surface area contributed by atoms with Gasteiger partial charge in [0.25, 0.3) is 5.91 Å². The number of hydrogen-bond donors (Lipinski definition) is 2. The number of amides is 3. The van der Waals surface area contributed by atoms with Crippen molar-refractivity contribution < 1.29 is 24.2 Å². The predicted molar refractivity (Wildman–Crippen MR) is 159 cm³/mol. The lowest BCUT2D eigenvalue weighted by molar-refractivity contribution is -0.138. The summed E-state index contributed by atoms with van der Waals surface area (Å²) in [5.41, 5.74) is 1.91. The minimum atomic E-state index is -0.889. The van der Waals surface area contributed by atoms with Crippen LogP contribution in [0.5, 0.6) is 5.75 Å². The number of nitrogens with one attached hydrogen (secondary N) is 1. The van der Waals surface area contributed by atoms with Gasteiger partial charge in [0.2, 0.25) is 11.8 Å². The van der Waals surface area contributed by atoms with Gasteiger partial charge in [-0.1, -0.05) is 42.5 Å². The molecule has 2 aromatic heterocycles. The average Bonchev–Trinajstić information content (AvgIpc) is 3.70. The highest BCUT2D eigenvalue weighted by molar-refractivity contribution is 7.14. The maximum Gasteiger partial charge on any atom is 0.271 e. The third-order valence-corrected chi connectivity index (χ3v) is 8.95. The molecule has 0 unspecified atom stereocenters.